The van der Waals surface area contributed by atoms with Crippen molar-refractivity contribution >= 4 is 27.9 Å². The van der Waals surface area contributed by atoms with Gasteiger partial charge in [0.25, 0.3) is 5.91 Å². The van der Waals surface area contributed by atoms with Crippen molar-refractivity contribution in [1.82, 2.24) is 0 Å². The molecule has 2 aromatic rings. The van der Waals surface area contributed by atoms with Crippen molar-refractivity contribution in [2.24, 2.45) is 0 Å². The van der Waals surface area contributed by atoms with E-state index in [-0.39, 0.29) is 9.88 Å². The van der Waals surface area contributed by atoms with Gasteiger partial charge >= 0.3 is 5.00 Å². The van der Waals surface area contributed by atoms with Crippen molar-refractivity contribution in [3.63, 3.8) is 0 Å². The molecule has 1 heterocycles. The van der Waals surface area contributed by atoms with Crippen LogP contribution < -0.4 is 14.8 Å². The molecule has 116 valence electrons. The van der Waals surface area contributed by atoms with Gasteiger partial charge in [0.1, 0.15) is 0 Å². The number of rotatable bonds is 5. The Hall–Kier alpha value is -2.61. The Kier molecular flexibility index (Phi) is 4.62. The number of hydrogen-bond donors (Lipinski definition) is 1. The predicted molar refractivity (Wildman–Crippen MR) is 83.2 cm³/mol. The summed E-state index contributed by atoms with van der Waals surface area (Å²) in [5.74, 6) is 0.638. The number of methoxy groups -OCH3 is 2. The molecule has 0 unspecified atom stereocenters. The van der Waals surface area contributed by atoms with Gasteiger partial charge in [0, 0.05) is 17.8 Å². The molecular weight excluding hydrogens is 308 g/mol. The fraction of sp³-hybridized carbons (Fsp3) is 0.214. The monoisotopic (exact) mass is 322 g/mol. The number of nitro groups is 1. The third-order valence-corrected chi connectivity index (χ3v) is 4.01. The smallest absolute Gasteiger partial charge is 0.324 e. The molecule has 1 N–H and O–H groups in total. The highest BCUT2D eigenvalue weighted by molar-refractivity contribution is 7.17. The molecule has 2 rings (SSSR count). The number of hydrogen-bond acceptors (Lipinski definition) is 6. The van der Waals surface area contributed by atoms with E-state index in [1.807, 2.05) is 6.92 Å². The summed E-state index contributed by atoms with van der Waals surface area (Å²) >= 11 is 0.825. The lowest BCUT2D eigenvalue weighted by atomic mass is 10.1. The zero-order chi connectivity index (χ0) is 16.3. The first-order valence-corrected chi connectivity index (χ1v) is 7.06. The second-order valence-corrected chi connectivity index (χ2v) is 5.43. The molecule has 0 bridgehead atoms. The molecule has 7 nitrogen and oxygen atoms in total. The fourth-order valence-electron chi connectivity index (χ4n) is 1.85. The molecule has 0 saturated heterocycles. The van der Waals surface area contributed by atoms with E-state index >= 15 is 0 Å². The van der Waals surface area contributed by atoms with Gasteiger partial charge in [0.2, 0.25) is 0 Å². The predicted octanol–water partition coefficient (Wildman–Crippen LogP) is 3.23. The van der Waals surface area contributed by atoms with Crippen LogP contribution in [0.4, 0.5) is 10.7 Å². The van der Waals surface area contributed by atoms with Crippen molar-refractivity contribution < 1.29 is 19.2 Å². The van der Waals surface area contributed by atoms with E-state index < -0.39 is 10.8 Å². The number of thiophene rings is 1. The molecule has 0 aliphatic heterocycles. The minimum atomic E-state index is -0.525. The molecule has 1 amide bonds. The van der Waals surface area contributed by atoms with Crippen LogP contribution in [0.1, 0.15) is 15.2 Å². The number of carbonyl (C=O) groups is 1. The average Bonchev–Trinajstić information content (AvgIpc) is 2.99. The molecule has 22 heavy (non-hydrogen) atoms. The summed E-state index contributed by atoms with van der Waals surface area (Å²) in [5.41, 5.74) is 1.34. The minimum absolute atomic E-state index is 0.0748. The fourth-order valence-corrected chi connectivity index (χ4v) is 2.56. The first kappa shape index (κ1) is 15.8. The quantitative estimate of drug-likeness (QED) is 0.674. The average molecular weight is 322 g/mol. The lowest BCUT2D eigenvalue weighted by molar-refractivity contribution is -0.380. The van der Waals surface area contributed by atoms with Crippen molar-refractivity contribution in [1.29, 1.82) is 0 Å². The van der Waals surface area contributed by atoms with Crippen LogP contribution in [0.15, 0.2) is 24.3 Å². The van der Waals surface area contributed by atoms with E-state index in [0.717, 1.165) is 16.9 Å². The summed E-state index contributed by atoms with van der Waals surface area (Å²) in [6, 6.07) is 6.12. The van der Waals surface area contributed by atoms with Gasteiger partial charge < -0.3 is 14.8 Å². The van der Waals surface area contributed by atoms with E-state index in [4.69, 9.17) is 9.47 Å². The van der Waals surface area contributed by atoms with Gasteiger partial charge in [-0.05, 0) is 24.6 Å². The summed E-state index contributed by atoms with van der Waals surface area (Å²) in [4.78, 5) is 22.6. The maximum absolute atomic E-state index is 12.2. The van der Waals surface area contributed by atoms with E-state index in [2.05, 4.69) is 5.32 Å². The van der Waals surface area contributed by atoms with Crippen molar-refractivity contribution in [3.8, 4) is 11.5 Å². The maximum Gasteiger partial charge on any atom is 0.324 e. The van der Waals surface area contributed by atoms with Gasteiger partial charge in [-0.2, -0.15) is 0 Å². The number of anilines is 1. The topological polar surface area (TPSA) is 90.7 Å². The van der Waals surface area contributed by atoms with E-state index in [1.165, 1.54) is 26.4 Å². The number of nitrogens with one attached hydrogen (secondary N) is 1. The van der Waals surface area contributed by atoms with Crippen LogP contribution in [0.25, 0.3) is 0 Å². The molecule has 0 fully saturated rings. The van der Waals surface area contributed by atoms with Gasteiger partial charge in [0.05, 0.1) is 24.0 Å². The van der Waals surface area contributed by atoms with Crippen LogP contribution in [0.2, 0.25) is 0 Å². The SMILES string of the molecule is COc1cc(C)c(NC(=O)c2ccc([N+](=O)[O-])s2)cc1OC. The lowest BCUT2D eigenvalue weighted by Crippen LogP contribution is -2.11. The van der Waals surface area contributed by atoms with Crippen molar-refractivity contribution in [2.45, 2.75) is 6.92 Å². The van der Waals surface area contributed by atoms with Gasteiger partial charge in [0.15, 0.2) is 11.5 Å². The van der Waals surface area contributed by atoms with Crippen LogP contribution in [-0.4, -0.2) is 25.1 Å². The van der Waals surface area contributed by atoms with Crippen molar-refractivity contribution in [3.05, 3.63) is 44.8 Å². The molecule has 0 aliphatic carbocycles. The first-order chi connectivity index (χ1) is 10.5. The molecule has 0 radical (unpaired) electrons. The summed E-state index contributed by atoms with van der Waals surface area (Å²) in [6.45, 7) is 1.81. The molecule has 0 spiro atoms. The molecule has 0 aliphatic rings. The highest BCUT2D eigenvalue weighted by atomic mass is 32.1. The second-order valence-electron chi connectivity index (χ2n) is 4.37. The Bertz CT molecular complexity index is 726. The number of carbonyl (C=O) groups excluding carboxylic acids is 1. The Morgan fingerprint density at radius 2 is 1.86 bits per heavy atom. The van der Waals surface area contributed by atoms with Gasteiger partial charge in [-0.1, -0.05) is 11.3 Å². The third-order valence-electron chi connectivity index (χ3n) is 2.97. The van der Waals surface area contributed by atoms with Gasteiger partial charge in [-0.15, -0.1) is 0 Å². The molecular formula is C14H14N2O5S. The van der Waals surface area contributed by atoms with Gasteiger partial charge in [-0.25, -0.2) is 0 Å². The third kappa shape index (κ3) is 3.17. The Labute approximate surface area is 130 Å². The van der Waals surface area contributed by atoms with E-state index in [9.17, 15) is 14.9 Å². The van der Waals surface area contributed by atoms with E-state index in [1.54, 1.807) is 12.1 Å². The minimum Gasteiger partial charge on any atom is -0.493 e. The number of nitrogens with zero attached hydrogens (tertiary/aromatic N) is 1. The maximum atomic E-state index is 12.2. The lowest BCUT2D eigenvalue weighted by Gasteiger charge is -2.13. The molecule has 8 heteroatoms. The standard InChI is InChI=1S/C14H14N2O5S/c1-8-6-10(20-2)11(21-3)7-9(8)15-14(17)12-4-5-13(22-12)16(18)19/h4-7H,1-3H3,(H,15,17). The summed E-state index contributed by atoms with van der Waals surface area (Å²) in [5, 5.41) is 13.3. The number of benzene rings is 1. The Morgan fingerprint density at radius 3 is 2.41 bits per heavy atom. The summed E-state index contributed by atoms with van der Waals surface area (Å²) in [6.07, 6.45) is 0. The van der Waals surface area contributed by atoms with Crippen molar-refractivity contribution in [2.75, 3.05) is 19.5 Å². The van der Waals surface area contributed by atoms with E-state index in [0.29, 0.717) is 17.2 Å². The Balaban J connectivity index is 2.25. The molecule has 1 aromatic carbocycles. The molecule has 1 aromatic heterocycles. The number of amides is 1. The van der Waals surface area contributed by atoms with Crippen LogP contribution in [0.5, 0.6) is 11.5 Å². The summed E-state index contributed by atoms with van der Waals surface area (Å²) < 4.78 is 10.4. The second kappa shape index (κ2) is 6.44. The van der Waals surface area contributed by atoms with Crippen LogP contribution in [0, 0.1) is 17.0 Å². The summed E-state index contributed by atoms with van der Waals surface area (Å²) in [7, 11) is 3.03. The highest BCUT2D eigenvalue weighted by Crippen LogP contribution is 2.33. The molecule has 0 saturated carbocycles. The Morgan fingerprint density at radius 1 is 1.23 bits per heavy atom. The largest absolute Gasteiger partial charge is 0.493 e. The zero-order valence-corrected chi connectivity index (χ0v) is 13.0. The van der Waals surface area contributed by atoms with Gasteiger partial charge in [-0.3, -0.25) is 14.9 Å². The zero-order valence-electron chi connectivity index (χ0n) is 12.2. The van der Waals surface area contributed by atoms with Crippen LogP contribution in [-0.2, 0) is 0 Å². The van der Waals surface area contributed by atoms with Crippen LogP contribution >= 0.6 is 11.3 Å². The highest BCUT2D eigenvalue weighted by Gasteiger charge is 2.17. The normalized spacial score (nSPS) is 10.1. The van der Waals surface area contributed by atoms with Crippen LogP contribution in [0.3, 0.4) is 0 Å². The number of aryl methyl sites for hydroxylation is 1. The first-order valence-electron chi connectivity index (χ1n) is 6.24. The molecule has 0 atom stereocenters. The number of ether oxygens (including phenoxy) is 2.